The number of halogens is 1. The molecule has 0 fully saturated rings. The topological polar surface area (TPSA) is 43.1 Å². The molecule has 0 unspecified atom stereocenters. The predicted molar refractivity (Wildman–Crippen MR) is 87.4 cm³/mol. The average molecular weight is 322 g/mol. The van der Waals surface area contributed by atoms with Crippen molar-refractivity contribution in [3.05, 3.63) is 63.2 Å². The van der Waals surface area contributed by atoms with Crippen LogP contribution in [0.25, 0.3) is 0 Å². The number of hydrogen-bond donors (Lipinski definition) is 0. The monoisotopic (exact) mass is 321 g/mol. The van der Waals surface area contributed by atoms with Gasteiger partial charge in [-0.1, -0.05) is 62.3 Å². The molecule has 0 N–H and O–H groups in total. The van der Waals surface area contributed by atoms with E-state index in [1.54, 1.807) is 12.1 Å². The molecule has 0 aliphatic heterocycles. The summed E-state index contributed by atoms with van der Waals surface area (Å²) in [7, 11) is 0. The first-order valence-electron chi connectivity index (χ1n) is 6.50. The first-order chi connectivity index (χ1) is 9.79. The normalized spacial score (nSPS) is 11.4. The summed E-state index contributed by atoms with van der Waals surface area (Å²) in [6, 6.07) is 13.0. The number of nitro groups is 1. The molecule has 3 nitrogen and oxygen atoms in total. The summed E-state index contributed by atoms with van der Waals surface area (Å²) >= 11 is 7.27. The van der Waals surface area contributed by atoms with Gasteiger partial charge in [-0.15, -0.1) is 0 Å². The van der Waals surface area contributed by atoms with E-state index in [2.05, 4.69) is 32.9 Å². The van der Waals surface area contributed by atoms with Crippen LogP contribution in [0.15, 0.2) is 52.3 Å². The molecule has 2 aromatic carbocycles. The molecule has 0 spiro atoms. The minimum atomic E-state index is -0.436. The van der Waals surface area contributed by atoms with Gasteiger partial charge in [0.05, 0.1) is 9.82 Å². The number of nitro benzene ring substituents is 1. The van der Waals surface area contributed by atoms with Crippen LogP contribution >= 0.6 is 23.4 Å². The van der Waals surface area contributed by atoms with Crippen molar-refractivity contribution in [3.63, 3.8) is 0 Å². The lowest BCUT2D eigenvalue weighted by atomic mass is 9.87. The Labute approximate surface area is 133 Å². The second-order valence-corrected chi connectivity index (χ2v) is 7.24. The predicted octanol–water partition coefficient (Wildman–Crippen LogP) is 5.70. The van der Waals surface area contributed by atoms with Crippen LogP contribution in [0.5, 0.6) is 0 Å². The van der Waals surface area contributed by atoms with Gasteiger partial charge in [-0.05, 0) is 35.2 Å². The molecule has 0 heterocycles. The Balaban J connectivity index is 2.31. The van der Waals surface area contributed by atoms with E-state index in [1.807, 2.05) is 12.1 Å². The van der Waals surface area contributed by atoms with E-state index in [-0.39, 0.29) is 16.1 Å². The molecule has 2 rings (SSSR count). The third kappa shape index (κ3) is 3.77. The number of rotatable bonds is 3. The highest BCUT2D eigenvalue weighted by Crippen LogP contribution is 2.39. The lowest BCUT2D eigenvalue weighted by molar-refractivity contribution is -0.387. The lowest BCUT2D eigenvalue weighted by Gasteiger charge is -2.19. The Kier molecular flexibility index (Phi) is 4.59. The molecule has 21 heavy (non-hydrogen) atoms. The smallest absolute Gasteiger partial charge is 0.258 e. The molecule has 0 aromatic heterocycles. The first-order valence-corrected chi connectivity index (χ1v) is 7.70. The van der Waals surface area contributed by atoms with Crippen molar-refractivity contribution in [2.75, 3.05) is 0 Å². The van der Waals surface area contributed by atoms with Gasteiger partial charge in [0, 0.05) is 4.90 Å². The van der Waals surface area contributed by atoms with Crippen LogP contribution in [0, 0.1) is 10.1 Å². The van der Waals surface area contributed by atoms with Gasteiger partial charge in [0.1, 0.15) is 5.02 Å². The minimum absolute atomic E-state index is 0.0379. The second kappa shape index (κ2) is 6.08. The zero-order chi connectivity index (χ0) is 15.6. The van der Waals surface area contributed by atoms with Crippen molar-refractivity contribution in [2.24, 2.45) is 0 Å². The highest BCUT2D eigenvalue weighted by atomic mass is 35.5. The van der Waals surface area contributed by atoms with Crippen molar-refractivity contribution in [1.29, 1.82) is 0 Å². The Bertz CT molecular complexity index is 663. The van der Waals surface area contributed by atoms with Crippen molar-refractivity contribution in [3.8, 4) is 0 Å². The van der Waals surface area contributed by atoms with Crippen LogP contribution in [0.1, 0.15) is 26.3 Å². The summed E-state index contributed by atoms with van der Waals surface area (Å²) in [6.45, 7) is 6.45. The van der Waals surface area contributed by atoms with Crippen molar-refractivity contribution >= 4 is 29.1 Å². The molecule has 2 aromatic rings. The molecule has 0 radical (unpaired) electrons. The Morgan fingerprint density at radius 3 is 2.24 bits per heavy atom. The number of hydrogen-bond acceptors (Lipinski definition) is 3. The largest absolute Gasteiger partial charge is 0.301 e. The van der Waals surface area contributed by atoms with Gasteiger partial charge in [-0.25, -0.2) is 0 Å². The highest BCUT2D eigenvalue weighted by molar-refractivity contribution is 7.99. The van der Waals surface area contributed by atoms with Crippen LogP contribution in [-0.2, 0) is 5.41 Å². The zero-order valence-corrected chi connectivity index (χ0v) is 13.7. The van der Waals surface area contributed by atoms with Gasteiger partial charge in [0.25, 0.3) is 0 Å². The number of benzene rings is 2. The molecule has 110 valence electrons. The Morgan fingerprint density at radius 2 is 1.71 bits per heavy atom. The van der Waals surface area contributed by atoms with Crippen molar-refractivity contribution < 1.29 is 4.92 Å². The van der Waals surface area contributed by atoms with Gasteiger partial charge < -0.3 is 0 Å². The average Bonchev–Trinajstić information content (AvgIpc) is 2.38. The third-order valence-corrected chi connectivity index (χ3v) is 4.44. The van der Waals surface area contributed by atoms with Gasteiger partial charge in [0.15, 0.2) is 0 Å². The second-order valence-electron chi connectivity index (χ2n) is 5.72. The number of para-hydroxylation sites is 1. The zero-order valence-electron chi connectivity index (χ0n) is 12.1. The summed E-state index contributed by atoms with van der Waals surface area (Å²) in [5.74, 6) is 0. The Hall–Kier alpha value is -1.52. The van der Waals surface area contributed by atoms with Crippen molar-refractivity contribution in [1.82, 2.24) is 0 Å². The minimum Gasteiger partial charge on any atom is -0.258 e. The fraction of sp³-hybridized carbons (Fsp3) is 0.250. The van der Waals surface area contributed by atoms with Gasteiger partial charge in [0.2, 0.25) is 0 Å². The fourth-order valence-electron chi connectivity index (χ4n) is 1.91. The van der Waals surface area contributed by atoms with E-state index in [0.717, 1.165) is 4.90 Å². The summed E-state index contributed by atoms with van der Waals surface area (Å²) in [6.07, 6.45) is 0. The van der Waals surface area contributed by atoms with Crippen LogP contribution in [0.4, 0.5) is 5.69 Å². The quantitative estimate of drug-likeness (QED) is 0.538. The maximum atomic E-state index is 11.1. The maximum absolute atomic E-state index is 11.1. The van der Waals surface area contributed by atoms with Crippen molar-refractivity contribution in [2.45, 2.75) is 36.0 Å². The molecule has 0 bridgehead atoms. The van der Waals surface area contributed by atoms with Crippen LogP contribution in [-0.4, -0.2) is 4.92 Å². The molecule has 0 saturated carbocycles. The SMILES string of the molecule is CC(C)(C)c1ccc(Sc2cccc(Cl)c2[N+](=O)[O-])cc1. The molecule has 0 aliphatic carbocycles. The summed E-state index contributed by atoms with van der Waals surface area (Å²) in [5.41, 5.74) is 1.28. The molecular formula is C16H16ClNO2S. The van der Waals surface area contributed by atoms with Gasteiger partial charge in [-0.3, -0.25) is 10.1 Å². The lowest BCUT2D eigenvalue weighted by Crippen LogP contribution is -2.10. The summed E-state index contributed by atoms with van der Waals surface area (Å²) < 4.78 is 0. The fourth-order valence-corrected chi connectivity index (χ4v) is 3.16. The van der Waals surface area contributed by atoms with E-state index in [9.17, 15) is 10.1 Å². The van der Waals surface area contributed by atoms with Crippen LogP contribution < -0.4 is 0 Å². The van der Waals surface area contributed by atoms with Gasteiger partial charge >= 0.3 is 5.69 Å². The van der Waals surface area contributed by atoms with E-state index in [0.29, 0.717) is 4.90 Å². The van der Waals surface area contributed by atoms with E-state index < -0.39 is 4.92 Å². The van der Waals surface area contributed by atoms with E-state index in [4.69, 9.17) is 11.6 Å². The van der Waals surface area contributed by atoms with Crippen LogP contribution in [0.3, 0.4) is 0 Å². The molecule has 0 saturated heterocycles. The summed E-state index contributed by atoms with van der Waals surface area (Å²) in [5, 5.41) is 11.3. The highest BCUT2D eigenvalue weighted by Gasteiger charge is 2.19. The number of nitrogens with zero attached hydrogens (tertiary/aromatic N) is 1. The standard InChI is InChI=1S/C16H16ClNO2S/c1-16(2,3)11-7-9-12(10-8-11)21-14-6-4-5-13(17)15(14)18(19)20/h4-10H,1-3H3. The first kappa shape index (κ1) is 15.9. The van der Waals surface area contributed by atoms with Crippen LogP contribution in [0.2, 0.25) is 5.02 Å². The van der Waals surface area contributed by atoms with Gasteiger partial charge in [-0.2, -0.15) is 0 Å². The summed E-state index contributed by atoms with van der Waals surface area (Å²) in [4.78, 5) is 12.2. The maximum Gasteiger partial charge on any atom is 0.301 e. The van der Waals surface area contributed by atoms with E-state index >= 15 is 0 Å². The van der Waals surface area contributed by atoms with E-state index in [1.165, 1.54) is 23.4 Å². The molecular weight excluding hydrogens is 306 g/mol. The molecule has 0 aliphatic rings. The third-order valence-electron chi connectivity index (χ3n) is 3.08. The molecule has 5 heteroatoms. The molecule has 0 atom stereocenters. The molecule has 0 amide bonds. The Morgan fingerprint density at radius 1 is 1.10 bits per heavy atom.